The molecule has 0 aliphatic heterocycles. The van der Waals surface area contributed by atoms with Gasteiger partial charge in [-0.15, -0.1) is 0 Å². The quantitative estimate of drug-likeness (QED) is 0.0261. The Hall–Kier alpha value is -2.37. The molecule has 1 atom stereocenters. The molecular formula is C66H122O6. The number of carbonyl (C=O) groups is 3. The first-order valence-electron chi connectivity index (χ1n) is 32.0. The molecule has 0 heterocycles. The van der Waals surface area contributed by atoms with E-state index in [1.54, 1.807) is 0 Å². The van der Waals surface area contributed by atoms with E-state index in [0.29, 0.717) is 19.3 Å². The zero-order chi connectivity index (χ0) is 52.2. The van der Waals surface area contributed by atoms with Crippen LogP contribution in [0.1, 0.15) is 348 Å². The summed E-state index contributed by atoms with van der Waals surface area (Å²) in [6.07, 6.45) is 74.7. The van der Waals surface area contributed by atoms with Gasteiger partial charge in [-0.25, -0.2) is 0 Å². The average Bonchev–Trinajstić information content (AvgIpc) is 3.38. The minimum absolute atomic E-state index is 0.0771. The Bertz CT molecular complexity index is 1210. The van der Waals surface area contributed by atoms with Crippen LogP contribution in [0, 0.1) is 0 Å². The van der Waals surface area contributed by atoms with Crippen LogP contribution in [0.2, 0.25) is 0 Å². The number of rotatable bonds is 59. The van der Waals surface area contributed by atoms with Gasteiger partial charge in [-0.05, 0) is 64.2 Å². The standard InChI is InChI=1S/C66H122O6/c1-4-7-10-13-16-19-22-24-25-26-27-28-29-30-31-32-33-34-35-36-37-38-39-40-42-44-47-50-53-56-59-65(68)71-62-63(61-70-64(67)58-55-52-49-46-43-21-18-15-12-9-6-3)72-66(69)60-57-54-51-48-45-41-23-20-17-14-11-8-5-2/h11,14-15,18,20,23,63H,4-10,12-13,16-17,19,21-22,24-62H2,1-3H3/b14-11-,18-15-,23-20-. The zero-order valence-electron chi connectivity index (χ0n) is 48.5. The van der Waals surface area contributed by atoms with Crippen LogP contribution in [-0.4, -0.2) is 37.2 Å². The molecule has 0 saturated heterocycles. The third kappa shape index (κ3) is 58.5. The molecule has 0 bridgehead atoms. The predicted octanol–water partition coefficient (Wildman–Crippen LogP) is 21.6. The van der Waals surface area contributed by atoms with Crippen molar-refractivity contribution < 1.29 is 28.6 Å². The van der Waals surface area contributed by atoms with Gasteiger partial charge in [0, 0.05) is 19.3 Å². The van der Waals surface area contributed by atoms with Gasteiger partial charge in [-0.2, -0.15) is 0 Å². The van der Waals surface area contributed by atoms with Crippen LogP contribution in [0.15, 0.2) is 36.5 Å². The van der Waals surface area contributed by atoms with Crippen LogP contribution in [0.4, 0.5) is 0 Å². The van der Waals surface area contributed by atoms with Crippen LogP contribution in [-0.2, 0) is 28.6 Å². The highest BCUT2D eigenvalue weighted by molar-refractivity contribution is 5.71. The van der Waals surface area contributed by atoms with Gasteiger partial charge in [0.05, 0.1) is 0 Å². The van der Waals surface area contributed by atoms with Gasteiger partial charge in [0.15, 0.2) is 6.10 Å². The minimum Gasteiger partial charge on any atom is -0.462 e. The highest BCUT2D eigenvalue weighted by Gasteiger charge is 2.19. The Morgan fingerprint density at radius 3 is 0.875 bits per heavy atom. The zero-order valence-corrected chi connectivity index (χ0v) is 48.5. The molecule has 0 amide bonds. The topological polar surface area (TPSA) is 78.9 Å². The number of esters is 3. The lowest BCUT2D eigenvalue weighted by molar-refractivity contribution is -0.167. The molecule has 422 valence electrons. The molecule has 6 heteroatoms. The summed E-state index contributed by atoms with van der Waals surface area (Å²) in [6.45, 7) is 6.56. The second kappa shape index (κ2) is 61.2. The lowest BCUT2D eigenvalue weighted by atomic mass is 10.0. The van der Waals surface area contributed by atoms with Crippen LogP contribution >= 0.6 is 0 Å². The molecule has 0 aromatic carbocycles. The number of hydrogen-bond donors (Lipinski definition) is 0. The van der Waals surface area contributed by atoms with E-state index in [1.165, 1.54) is 212 Å². The smallest absolute Gasteiger partial charge is 0.306 e. The summed E-state index contributed by atoms with van der Waals surface area (Å²) in [6, 6.07) is 0. The fourth-order valence-electron chi connectivity index (χ4n) is 9.52. The van der Waals surface area contributed by atoms with E-state index in [0.717, 1.165) is 96.3 Å². The maximum absolute atomic E-state index is 12.8. The van der Waals surface area contributed by atoms with Crippen LogP contribution in [0.25, 0.3) is 0 Å². The van der Waals surface area contributed by atoms with Gasteiger partial charge in [0.1, 0.15) is 13.2 Å². The molecule has 0 aliphatic carbocycles. The summed E-state index contributed by atoms with van der Waals surface area (Å²) in [7, 11) is 0. The highest BCUT2D eigenvalue weighted by Crippen LogP contribution is 2.18. The summed E-state index contributed by atoms with van der Waals surface area (Å²) in [4.78, 5) is 38.1. The Morgan fingerprint density at radius 2 is 0.542 bits per heavy atom. The molecule has 0 N–H and O–H groups in total. The Kier molecular flexibility index (Phi) is 59.2. The SMILES string of the molecule is CCC/C=C\C/C=C\CCCCCCCC(=O)OC(COC(=O)CCCCCCC/C=C\CCCC)COC(=O)CCCCCCCCCCCCCCCCCCCCCCCCCCCCCCCC. The van der Waals surface area contributed by atoms with E-state index in [9.17, 15) is 14.4 Å². The van der Waals surface area contributed by atoms with E-state index in [-0.39, 0.29) is 31.1 Å². The molecule has 0 saturated carbocycles. The van der Waals surface area contributed by atoms with Crippen LogP contribution in [0.3, 0.4) is 0 Å². The van der Waals surface area contributed by atoms with Crippen molar-refractivity contribution in [3.05, 3.63) is 36.5 Å². The van der Waals surface area contributed by atoms with E-state index in [2.05, 4.69) is 57.2 Å². The number of carbonyl (C=O) groups excluding carboxylic acids is 3. The van der Waals surface area contributed by atoms with Gasteiger partial charge in [0.2, 0.25) is 0 Å². The Morgan fingerprint density at radius 1 is 0.278 bits per heavy atom. The fraction of sp³-hybridized carbons (Fsp3) is 0.864. The summed E-state index contributed by atoms with van der Waals surface area (Å²) in [5, 5.41) is 0. The van der Waals surface area contributed by atoms with E-state index in [4.69, 9.17) is 14.2 Å². The number of hydrogen-bond acceptors (Lipinski definition) is 6. The van der Waals surface area contributed by atoms with Gasteiger partial charge in [-0.1, -0.05) is 301 Å². The van der Waals surface area contributed by atoms with Crippen molar-refractivity contribution in [2.24, 2.45) is 0 Å². The van der Waals surface area contributed by atoms with Crippen molar-refractivity contribution >= 4 is 17.9 Å². The van der Waals surface area contributed by atoms with Gasteiger partial charge in [0.25, 0.3) is 0 Å². The summed E-state index contributed by atoms with van der Waals surface area (Å²) in [5.74, 6) is -0.885. The molecule has 72 heavy (non-hydrogen) atoms. The molecular weight excluding hydrogens is 889 g/mol. The van der Waals surface area contributed by atoms with Crippen molar-refractivity contribution in [1.82, 2.24) is 0 Å². The first-order chi connectivity index (χ1) is 35.5. The van der Waals surface area contributed by atoms with Gasteiger partial charge < -0.3 is 14.2 Å². The van der Waals surface area contributed by atoms with E-state index in [1.807, 2.05) is 0 Å². The van der Waals surface area contributed by atoms with Crippen molar-refractivity contribution in [2.45, 2.75) is 354 Å². The van der Waals surface area contributed by atoms with Crippen molar-refractivity contribution in [2.75, 3.05) is 13.2 Å². The molecule has 6 nitrogen and oxygen atoms in total. The lowest BCUT2D eigenvalue weighted by Crippen LogP contribution is -2.30. The maximum Gasteiger partial charge on any atom is 0.306 e. The van der Waals surface area contributed by atoms with E-state index >= 15 is 0 Å². The van der Waals surface area contributed by atoms with Crippen molar-refractivity contribution in [3.8, 4) is 0 Å². The summed E-state index contributed by atoms with van der Waals surface area (Å²) < 4.78 is 16.8. The second-order valence-electron chi connectivity index (χ2n) is 21.7. The highest BCUT2D eigenvalue weighted by atomic mass is 16.6. The number of unbranched alkanes of at least 4 members (excludes halogenated alkanes) is 42. The number of ether oxygens (including phenoxy) is 3. The van der Waals surface area contributed by atoms with Crippen LogP contribution < -0.4 is 0 Å². The fourth-order valence-corrected chi connectivity index (χ4v) is 9.52. The van der Waals surface area contributed by atoms with Crippen LogP contribution in [0.5, 0.6) is 0 Å². The van der Waals surface area contributed by atoms with Crippen molar-refractivity contribution in [1.29, 1.82) is 0 Å². The first-order valence-corrected chi connectivity index (χ1v) is 32.0. The summed E-state index contributed by atoms with van der Waals surface area (Å²) >= 11 is 0. The van der Waals surface area contributed by atoms with E-state index < -0.39 is 6.10 Å². The van der Waals surface area contributed by atoms with Crippen molar-refractivity contribution in [3.63, 3.8) is 0 Å². The molecule has 0 spiro atoms. The Labute approximate surface area is 448 Å². The third-order valence-electron chi connectivity index (χ3n) is 14.3. The lowest BCUT2D eigenvalue weighted by Gasteiger charge is -2.18. The first kappa shape index (κ1) is 69.6. The predicted molar refractivity (Wildman–Crippen MR) is 312 cm³/mol. The molecule has 0 aromatic heterocycles. The molecule has 0 aromatic rings. The van der Waals surface area contributed by atoms with Gasteiger partial charge in [-0.3, -0.25) is 14.4 Å². The molecule has 0 fully saturated rings. The monoisotopic (exact) mass is 1010 g/mol. The second-order valence-corrected chi connectivity index (χ2v) is 21.7. The molecule has 0 aliphatic rings. The average molecular weight is 1010 g/mol. The molecule has 0 radical (unpaired) electrons. The Balaban J connectivity index is 4.06. The minimum atomic E-state index is -0.780. The van der Waals surface area contributed by atoms with Gasteiger partial charge >= 0.3 is 17.9 Å². The maximum atomic E-state index is 12.8. The third-order valence-corrected chi connectivity index (χ3v) is 14.3. The molecule has 0 rings (SSSR count). The summed E-state index contributed by atoms with van der Waals surface area (Å²) in [5.41, 5.74) is 0. The number of allylic oxidation sites excluding steroid dienone is 6. The largest absolute Gasteiger partial charge is 0.462 e. The molecule has 1 unspecified atom stereocenters. The normalized spacial score (nSPS) is 12.2.